The Hall–Kier alpha value is -3.62. The summed E-state index contributed by atoms with van der Waals surface area (Å²) in [7, 11) is 0. The molecule has 0 saturated heterocycles. The SMILES string of the molecule is O=c1c2c(ncn2Cc2cccc(F)c2)n(-c2ccc(F)c(F)c2)c(=O)n1C1CCCCC1. The van der Waals surface area contributed by atoms with Crippen molar-refractivity contribution < 1.29 is 13.2 Å². The van der Waals surface area contributed by atoms with Crippen LogP contribution in [0, 0.1) is 17.5 Å². The molecule has 2 aromatic carbocycles. The van der Waals surface area contributed by atoms with Gasteiger partial charge in [-0.3, -0.25) is 9.36 Å². The van der Waals surface area contributed by atoms with Gasteiger partial charge in [-0.15, -0.1) is 0 Å². The van der Waals surface area contributed by atoms with Crippen molar-refractivity contribution in [2.45, 2.75) is 44.7 Å². The number of imidazole rings is 1. The minimum atomic E-state index is -1.11. The molecule has 2 heterocycles. The summed E-state index contributed by atoms with van der Waals surface area (Å²) in [6.45, 7) is 0.157. The molecule has 2 aromatic heterocycles. The fourth-order valence-electron chi connectivity index (χ4n) is 4.62. The molecule has 1 aliphatic carbocycles. The van der Waals surface area contributed by atoms with Crippen LogP contribution in [0.25, 0.3) is 16.9 Å². The van der Waals surface area contributed by atoms with E-state index in [1.54, 1.807) is 16.7 Å². The van der Waals surface area contributed by atoms with Crippen LogP contribution in [0.5, 0.6) is 0 Å². The maximum absolute atomic E-state index is 14.0. The summed E-state index contributed by atoms with van der Waals surface area (Å²) in [5.74, 6) is -2.56. The minimum Gasteiger partial charge on any atom is -0.320 e. The molecule has 5 rings (SSSR count). The maximum Gasteiger partial charge on any atom is 0.337 e. The third-order valence-corrected chi connectivity index (χ3v) is 6.19. The van der Waals surface area contributed by atoms with Gasteiger partial charge in [-0.1, -0.05) is 31.4 Å². The Balaban J connectivity index is 1.78. The fraction of sp³-hybridized carbons (Fsp3) is 0.292. The first-order chi connectivity index (χ1) is 15.9. The number of aromatic nitrogens is 4. The van der Waals surface area contributed by atoms with Crippen LogP contribution in [0.2, 0.25) is 0 Å². The van der Waals surface area contributed by atoms with Crippen molar-refractivity contribution >= 4 is 11.2 Å². The van der Waals surface area contributed by atoms with Crippen molar-refractivity contribution in [3.05, 3.63) is 92.6 Å². The van der Waals surface area contributed by atoms with Gasteiger partial charge < -0.3 is 4.57 Å². The third-order valence-electron chi connectivity index (χ3n) is 6.19. The van der Waals surface area contributed by atoms with E-state index in [-0.39, 0.29) is 29.4 Å². The number of hydrogen-bond donors (Lipinski definition) is 0. The van der Waals surface area contributed by atoms with Gasteiger partial charge in [-0.05, 0) is 42.7 Å². The van der Waals surface area contributed by atoms with Crippen LogP contribution in [0.15, 0.2) is 58.4 Å². The van der Waals surface area contributed by atoms with E-state index < -0.39 is 28.7 Å². The summed E-state index contributed by atoms with van der Waals surface area (Å²) in [5.41, 5.74) is -0.252. The van der Waals surface area contributed by atoms with Gasteiger partial charge in [-0.2, -0.15) is 0 Å². The molecular formula is C24H21F3N4O2. The minimum absolute atomic E-state index is 0.0412. The molecule has 0 N–H and O–H groups in total. The lowest BCUT2D eigenvalue weighted by atomic mass is 9.95. The number of benzene rings is 2. The lowest BCUT2D eigenvalue weighted by Gasteiger charge is -2.24. The van der Waals surface area contributed by atoms with Gasteiger partial charge >= 0.3 is 5.69 Å². The highest BCUT2D eigenvalue weighted by Crippen LogP contribution is 2.27. The predicted octanol–water partition coefficient (Wildman–Crippen LogP) is 4.32. The third kappa shape index (κ3) is 3.77. The topological polar surface area (TPSA) is 61.8 Å². The highest BCUT2D eigenvalue weighted by molar-refractivity contribution is 5.72. The van der Waals surface area contributed by atoms with E-state index in [2.05, 4.69) is 4.98 Å². The van der Waals surface area contributed by atoms with Gasteiger partial charge in [-0.25, -0.2) is 27.5 Å². The first-order valence-electron chi connectivity index (χ1n) is 10.9. The fourth-order valence-corrected chi connectivity index (χ4v) is 4.62. The molecule has 170 valence electrons. The molecule has 1 saturated carbocycles. The van der Waals surface area contributed by atoms with E-state index in [1.165, 1.54) is 29.1 Å². The Labute approximate surface area is 186 Å². The van der Waals surface area contributed by atoms with Crippen molar-refractivity contribution in [3.63, 3.8) is 0 Å². The Bertz CT molecular complexity index is 1470. The second-order valence-corrected chi connectivity index (χ2v) is 8.36. The quantitative estimate of drug-likeness (QED) is 0.462. The molecule has 4 aromatic rings. The molecule has 0 bridgehead atoms. The molecule has 1 aliphatic rings. The van der Waals surface area contributed by atoms with Crippen LogP contribution in [0.4, 0.5) is 13.2 Å². The van der Waals surface area contributed by atoms with Gasteiger partial charge in [0.2, 0.25) is 0 Å². The van der Waals surface area contributed by atoms with Crippen LogP contribution >= 0.6 is 0 Å². The predicted molar refractivity (Wildman–Crippen MR) is 117 cm³/mol. The number of hydrogen-bond acceptors (Lipinski definition) is 3. The Morgan fingerprint density at radius 2 is 1.73 bits per heavy atom. The van der Waals surface area contributed by atoms with Crippen LogP contribution in [0.1, 0.15) is 43.7 Å². The number of fused-ring (bicyclic) bond motifs is 1. The largest absolute Gasteiger partial charge is 0.337 e. The summed E-state index contributed by atoms with van der Waals surface area (Å²) in [6.07, 6.45) is 5.57. The van der Waals surface area contributed by atoms with E-state index in [9.17, 15) is 22.8 Å². The Morgan fingerprint density at radius 1 is 0.939 bits per heavy atom. The number of halogens is 3. The summed E-state index contributed by atoms with van der Waals surface area (Å²) in [6, 6.07) is 8.81. The van der Waals surface area contributed by atoms with Gasteiger partial charge in [0.1, 0.15) is 5.82 Å². The zero-order chi connectivity index (χ0) is 23.1. The number of rotatable bonds is 4. The average Bonchev–Trinajstić information content (AvgIpc) is 3.20. The van der Waals surface area contributed by atoms with Crippen molar-refractivity contribution in [3.8, 4) is 5.69 Å². The maximum atomic E-state index is 14.0. The summed E-state index contributed by atoms with van der Waals surface area (Å²) >= 11 is 0. The highest BCUT2D eigenvalue weighted by atomic mass is 19.2. The lowest BCUT2D eigenvalue weighted by Crippen LogP contribution is -2.43. The van der Waals surface area contributed by atoms with Crippen LogP contribution in [-0.2, 0) is 6.54 Å². The summed E-state index contributed by atoms with van der Waals surface area (Å²) < 4.78 is 45.2. The van der Waals surface area contributed by atoms with E-state index >= 15 is 0 Å². The van der Waals surface area contributed by atoms with E-state index in [4.69, 9.17) is 0 Å². The molecule has 1 fully saturated rings. The molecule has 0 amide bonds. The van der Waals surface area contributed by atoms with Crippen molar-refractivity contribution in [2.75, 3.05) is 0 Å². The first-order valence-corrected chi connectivity index (χ1v) is 10.9. The standard InChI is InChI=1S/C24H21F3N4O2/c25-16-6-4-5-15(11-16)13-29-14-28-22-21(29)23(32)31(17-7-2-1-3-8-17)24(33)30(22)18-9-10-19(26)20(27)12-18/h4-6,9-12,14,17H,1-3,7-8,13H2. The zero-order valence-electron chi connectivity index (χ0n) is 17.7. The highest BCUT2D eigenvalue weighted by Gasteiger charge is 2.25. The Kier molecular flexibility index (Phi) is 5.39. The van der Waals surface area contributed by atoms with E-state index in [1.807, 2.05) is 0 Å². The van der Waals surface area contributed by atoms with Gasteiger partial charge in [0.25, 0.3) is 5.56 Å². The molecule has 33 heavy (non-hydrogen) atoms. The molecule has 0 spiro atoms. The normalized spacial score (nSPS) is 14.8. The Morgan fingerprint density at radius 3 is 2.45 bits per heavy atom. The number of nitrogens with zero attached hydrogens (tertiary/aromatic N) is 4. The first kappa shape index (κ1) is 21.2. The smallest absolute Gasteiger partial charge is 0.320 e. The van der Waals surface area contributed by atoms with E-state index in [0.717, 1.165) is 36.0 Å². The van der Waals surface area contributed by atoms with Crippen LogP contribution in [0.3, 0.4) is 0 Å². The van der Waals surface area contributed by atoms with Crippen LogP contribution in [-0.4, -0.2) is 18.7 Å². The second-order valence-electron chi connectivity index (χ2n) is 8.36. The van der Waals surface area contributed by atoms with Crippen molar-refractivity contribution in [2.24, 2.45) is 0 Å². The molecule has 0 unspecified atom stereocenters. The molecule has 0 atom stereocenters. The lowest BCUT2D eigenvalue weighted by molar-refractivity contribution is 0.335. The van der Waals surface area contributed by atoms with Gasteiger partial charge in [0, 0.05) is 18.7 Å². The van der Waals surface area contributed by atoms with Crippen LogP contribution < -0.4 is 11.2 Å². The van der Waals surface area contributed by atoms with Crippen molar-refractivity contribution in [1.29, 1.82) is 0 Å². The summed E-state index contributed by atoms with van der Waals surface area (Å²) in [5, 5.41) is 0. The average molecular weight is 454 g/mol. The monoisotopic (exact) mass is 454 g/mol. The molecule has 0 radical (unpaired) electrons. The molecule has 9 heteroatoms. The van der Waals surface area contributed by atoms with Gasteiger partial charge in [0.05, 0.1) is 12.0 Å². The zero-order valence-corrected chi connectivity index (χ0v) is 17.7. The van der Waals surface area contributed by atoms with Crippen molar-refractivity contribution in [1.82, 2.24) is 18.7 Å². The van der Waals surface area contributed by atoms with E-state index in [0.29, 0.717) is 18.4 Å². The summed E-state index contributed by atoms with van der Waals surface area (Å²) in [4.78, 5) is 31.4. The van der Waals surface area contributed by atoms with Gasteiger partial charge in [0.15, 0.2) is 22.8 Å². The second kappa shape index (κ2) is 8.38. The molecular weight excluding hydrogens is 433 g/mol. The molecule has 0 aliphatic heterocycles. The molecule has 6 nitrogen and oxygen atoms in total.